The van der Waals surface area contributed by atoms with Crippen molar-refractivity contribution in [2.75, 3.05) is 40.5 Å². The van der Waals surface area contributed by atoms with Gasteiger partial charge < -0.3 is 47.1 Å². The standard InChI is InChI=1S/C29H38N4O6.C24H30N4O4.C7H8O3S.H2O/c1-28(2,3)33(27(36)37)29(4,5)24(26(35)32-38)31-25(34)23-15-13-21(14-16-23)8-7-20-9-11-22(12-10-20)19-30-17-18-39-6;1-24(2,25)21(23(30)28-31)27-22(29)20-12-10-18(11-13-20)5-4-17-6-8-19(9-7-17)16-26-14-15-32-3;1-6-2-4-7(5-3-6)11(8,9)10;/h9-16,24,30,38H,17-19H2,1-6H3,(H,31,34)(H,32,35)(H,36,37);6-13,21,26,31H,14-16,25H2,1-3H3,(H,27,29)(H,28,30);2-5H,1H3,(H,8,9,10);1H2/t24-;21-;;/m11../s1. The van der Waals surface area contributed by atoms with Crippen LogP contribution in [0.4, 0.5) is 4.79 Å². The van der Waals surface area contributed by atoms with Gasteiger partial charge in [-0.2, -0.15) is 8.42 Å². The number of ether oxygens (including phenoxy) is 2. The van der Waals surface area contributed by atoms with E-state index in [0.717, 1.165) is 64.5 Å². The van der Waals surface area contributed by atoms with Crippen LogP contribution in [-0.2, 0) is 42.3 Å². The molecule has 5 amide bonds. The smallest absolute Gasteiger partial charge is 0.408 e. The van der Waals surface area contributed by atoms with Crippen molar-refractivity contribution in [1.29, 1.82) is 0 Å². The molecule has 5 rings (SSSR count). The third-order valence-electron chi connectivity index (χ3n) is 12.0. The zero-order valence-electron chi connectivity index (χ0n) is 48.3. The van der Waals surface area contributed by atoms with Crippen LogP contribution in [0.2, 0.25) is 0 Å². The van der Waals surface area contributed by atoms with Crippen LogP contribution in [0.5, 0.6) is 0 Å². The highest BCUT2D eigenvalue weighted by molar-refractivity contribution is 7.85. The quantitative estimate of drug-likeness (QED) is 0.0167. The molecule has 0 saturated carbocycles. The van der Waals surface area contributed by atoms with E-state index in [1.807, 2.05) is 55.5 Å². The van der Waals surface area contributed by atoms with E-state index >= 15 is 0 Å². The molecule has 0 aliphatic carbocycles. The molecule has 22 nitrogen and oxygen atoms in total. The first-order valence-electron chi connectivity index (χ1n) is 25.7. The molecule has 0 radical (unpaired) electrons. The zero-order chi connectivity index (χ0) is 61.3. The van der Waals surface area contributed by atoms with Gasteiger partial charge in [0.05, 0.1) is 23.6 Å². The Hall–Kier alpha value is -8.04. The molecule has 0 heterocycles. The minimum atomic E-state index is -4.02. The van der Waals surface area contributed by atoms with Crippen LogP contribution in [0.3, 0.4) is 0 Å². The SMILES string of the molecule is COCCNCc1ccc(C#Cc2ccc(C(=O)N[C@H](C(=O)NO)C(C)(C)N(C(=O)O)C(C)(C)C)cc2)cc1.COCCNCc1ccc(C#Cc2ccc(C(=O)N[C@H](C(=O)NO)C(C)(C)N)cc2)cc1.Cc1ccc(S(=O)(=O)O)cc1.O. The van der Waals surface area contributed by atoms with Gasteiger partial charge in [0, 0.05) is 84.9 Å². The minimum Gasteiger partial charge on any atom is -0.465 e. The first-order valence-corrected chi connectivity index (χ1v) is 27.2. The van der Waals surface area contributed by atoms with E-state index in [9.17, 15) is 42.7 Å². The number of carboxylic acid groups (broad SMARTS) is 1. The highest BCUT2D eigenvalue weighted by Gasteiger charge is 2.48. The van der Waals surface area contributed by atoms with E-state index in [2.05, 4.69) is 44.9 Å². The van der Waals surface area contributed by atoms with Crippen molar-refractivity contribution in [2.24, 2.45) is 5.73 Å². The molecule has 0 aliphatic heterocycles. The number of nitrogens with zero attached hydrogens (tertiary/aromatic N) is 1. The highest BCUT2D eigenvalue weighted by Crippen LogP contribution is 2.29. The lowest BCUT2D eigenvalue weighted by Crippen LogP contribution is -2.68. The number of methoxy groups -OCH3 is 2. The minimum absolute atomic E-state index is 0. The average molecular weight is 1170 g/mol. The normalized spacial score (nSPS) is 11.7. The summed E-state index contributed by atoms with van der Waals surface area (Å²) in [4.78, 5) is 62.9. The molecule has 0 fully saturated rings. The summed E-state index contributed by atoms with van der Waals surface area (Å²) in [5, 5.41) is 39.7. The number of carbonyl (C=O) groups is 5. The number of aryl methyl sites for hydroxylation is 1. The maximum Gasteiger partial charge on any atom is 0.408 e. The first kappa shape index (κ1) is 71.1. The molecular weight excluding hydrogens is 1090 g/mol. The van der Waals surface area contributed by atoms with Gasteiger partial charge in [-0.3, -0.25) is 39.0 Å². The average Bonchev–Trinajstić information content (AvgIpc) is 3.63. The highest BCUT2D eigenvalue weighted by atomic mass is 32.2. The van der Waals surface area contributed by atoms with Crippen LogP contribution in [0, 0.1) is 30.6 Å². The monoisotopic (exact) mass is 1170 g/mol. The lowest BCUT2D eigenvalue weighted by molar-refractivity contribution is -0.135. The van der Waals surface area contributed by atoms with Crippen molar-refractivity contribution >= 4 is 39.8 Å². The number of rotatable bonds is 20. The number of nitrogens with one attached hydrogen (secondary N) is 6. The Bertz CT molecular complexity index is 3120. The summed E-state index contributed by atoms with van der Waals surface area (Å²) in [6.45, 7) is 17.5. The summed E-state index contributed by atoms with van der Waals surface area (Å²) < 4.78 is 39.6. The summed E-state index contributed by atoms with van der Waals surface area (Å²) in [5.41, 5.74) is 12.6. The van der Waals surface area contributed by atoms with E-state index < -0.39 is 68.5 Å². The largest absolute Gasteiger partial charge is 0.465 e. The van der Waals surface area contributed by atoms with Crippen LogP contribution in [0.25, 0.3) is 0 Å². The van der Waals surface area contributed by atoms with Gasteiger partial charge >= 0.3 is 6.09 Å². The van der Waals surface area contributed by atoms with Crippen LogP contribution < -0.4 is 38.0 Å². The molecule has 83 heavy (non-hydrogen) atoms. The fourth-order valence-corrected chi connectivity index (χ4v) is 8.35. The Kier molecular flexibility index (Phi) is 28.9. The maximum absolute atomic E-state index is 13.0. The summed E-state index contributed by atoms with van der Waals surface area (Å²) in [5.74, 6) is 9.50. The van der Waals surface area contributed by atoms with Crippen molar-refractivity contribution in [3.05, 3.63) is 171 Å². The van der Waals surface area contributed by atoms with Gasteiger partial charge in [-0.05, 0) is 151 Å². The molecule has 2 atom stereocenters. The second-order valence-corrected chi connectivity index (χ2v) is 22.1. The molecule has 0 aliphatic rings. The first-order chi connectivity index (χ1) is 38.5. The van der Waals surface area contributed by atoms with Gasteiger partial charge in [0.1, 0.15) is 12.1 Å². The van der Waals surface area contributed by atoms with E-state index in [1.54, 1.807) is 110 Å². The predicted octanol–water partition coefficient (Wildman–Crippen LogP) is 4.56. The topological polar surface area (TPSA) is 352 Å². The Morgan fingerprint density at radius 2 is 0.916 bits per heavy atom. The number of carbonyl (C=O) groups excluding carboxylic acids is 4. The van der Waals surface area contributed by atoms with E-state index in [-0.39, 0.29) is 15.9 Å². The van der Waals surface area contributed by atoms with E-state index in [0.29, 0.717) is 24.3 Å². The van der Waals surface area contributed by atoms with Gasteiger partial charge in [-0.15, -0.1) is 0 Å². The van der Waals surface area contributed by atoms with Gasteiger partial charge in [-0.1, -0.05) is 65.6 Å². The van der Waals surface area contributed by atoms with Crippen molar-refractivity contribution in [3.63, 3.8) is 0 Å². The second kappa shape index (κ2) is 33.8. The molecule has 0 saturated heterocycles. The third-order valence-corrected chi connectivity index (χ3v) is 12.9. The molecular formula is C60H78N8O14S. The van der Waals surface area contributed by atoms with E-state index in [4.69, 9.17) is 25.0 Å². The molecule has 0 spiro atoms. The predicted molar refractivity (Wildman–Crippen MR) is 314 cm³/mol. The number of hydroxylamine groups is 2. The molecule has 5 aromatic carbocycles. The van der Waals surface area contributed by atoms with Crippen LogP contribution in [0.15, 0.2) is 126 Å². The lowest BCUT2D eigenvalue weighted by Gasteiger charge is -2.48. The van der Waals surface area contributed by atoms with Crippen molar-refractivity contribution in [1.82, 2.24) is 37.1 Å². The summed E-state index contributed by atoms with van der Waals surface area (Å²) in [6, 6.07) is 32.5. The molecule has 448 valence electrons. The van der Waals surface area contributed by atoms with Gasteiger partial charge in [0.2, 0.25) is 0 Å². The Morgan fingerprint density at radius 3 is 1.22 bits per heavy atom. The molecule has 14 N–H and O–H groups in total. The second-order valence-electron chi connectivity index (χ2n) is 20.7. The fraction of sp³-hybridized carbons (Fsp3) is 0.350. The van der Waals surface area contributed by atoms with Gasteiger partial charge in [0.25, 0.3) is 33.7 Å². The molecule has 0 unspecified atom stereocenters. The Balaban J connectivity index is 0.000000478. The van der Waals surface area contributed by atoms with Crippen LogP contribution >= 0.6 is 0 Å². The third kappa shape index (κ3) is 24.1. The molecule has 23 heteroatoms. The Labute approximate surface area is 485 Å². The summed E-state index contributed by atoms with van der Waals surface area (Å²) in [6.07, 6.45) is -1.27. The number of nitrogens with two attached hydrogens (primary N) is 1. The van der Waals surface area contributed by atoms with Gasteiger partial charge in [-0.25, -0.2) is 15.8 Å². The maximum atomic E-state index is 13.0. The lowest BCUT2D eigenvalue weighted by atomic mass is 9.87. The molecule has 0 bridgehead atoms. The van der Waals surface area contributed by atoms with Crippen LogP contribution in [0.1, 0.15) is 108 Å². The van der Waals surface area contributed by atoms with Crippen molar-refractivity contribution in [3.8, 4) is 23.7 Å². The number of hydrogen-bond acceptors (Lipinski definition) is 14. The summed E-state index contributed by atoms with van der Waals surface area (Å²) >= 11 is 0. The molecule has 0 aromatic heterocycles. The Morgan fingerprint density at radius 1 is 0.578 bits per heavy atom. The van der Waals surface area contributed by atoms with E-state index in [1.165, 1.54) is 36.9 Å². The molecule has 5 aromatic rings. The fourth-order valence-electron chi connectivity index (χ4n) is 7.87. The van der Waals surface area contributed by atoms with Crippen molar-refractivity contribution in [2.45, 2.75) is 102 Å². The number of hydrogen-bond donors (Lipinski definition) is 11. The zero-order valence-corrected chi connectivity index (χ0v) is 49.2. The summed E-state index contributed by atoms with van der Waals surface area (Å²) in [7, 11) is -0.680. The van der Waals surface area contributed by atoms with Crippen molar-refractivity contribution < 1.29 is 67.4 Å². The van der Waals surface area contributed by atoms with Gasteiger partial charge in [0.15, 0.2) is 0 Å². The number of amides is 5. The van der Waals surface area contributed by atoms with Crippen LogP contribution in [-0.4, -0.2) is 138 Å². The number of benzene rings is 5.